The SMILES string of the molecule is Nc1ncnc2c1ncn2[C@H]1C[C@H](O)[C@](CO)(C(=O)NOP(=O)(O)OP(=O)(O)OP(=O)(O)O)O1. The fourth-order valence-electron chi connectivity index (χ4n) is 2.90. The summed E-state index contributed by atoms with van der Waals surface area (Å²) in [5.74, 6) is -1.51. The van der Waals surface area contributed by atoms with Gasteiger partial charge in [-0.15, -0.1) is 0 Å². The van der Waals surface area contributed by atoms with Crippen LogP contribution in [0.4, 0.5) is 5.82 Å². The Bertz CT molecular complexity index is 1230. The van der Waals surface area contributed by atoms with Crippen molar-refractivity contribution in [1.29, 1.82) is 0 Å². The lowest BCUT2D eigenvalue weighted by Crippen LogP contribution is -2.55. The molecule has 0 saturated carbocycles. The number of amides is 1. The van der Waals surface area contributed by atoms with Gasteiger partial charge in [0.1, 0.15) is 18.1 Å². The average Bonchev–Trinajstić information content (AvgIpc) is 3.25. The van der Waals surface area contributed by atoms with Gasteiger partial charge in [0.2, 0.25) is 0 Å². The van der Waals surface area contributed by atoms with Gasteiger partial charge in [0.25, 0.3) is 5.91 Å². The van der Waals surface area contributed by atoms with Crippen molar-refractivity contribution in [3.63, 3.8) is 0 Å². The molecule has 1 aliphatic rings. The highest BCUT2D eigenvalue weighted by Gasteiger charge is 2.55. The summed E-state index contributed by atoms with van der Waals surface area (Å²) in [6.45, 7) is -1.18. The van der Waals surface area contributed by atoms with Crippen LogP contribution >= 0.6 is 23.5 Å². The van der Waals surface area contributed by atoms with Crippen LogP contribution in [0.25, 0.3) is 11.2 Å². The molecule has 5 atom stereocenters. The average molecular weight is 550 g/mol. The molecule has 2 unspecified atom stereocenters. The number of nitrogens with zero attached hydrogens (tertiary/aromatic N) is 4. The molecule has 3 heterocycles. The number of fused-ring (bicyclic) bond motifs is 1. The van der Waals surface area contributed by atoms with Crippen molar-refractivity contribution in [1.82, 2.24) is 25.0 Å². The van der Waals surface area contributed by atoms with E-state index in [1.54, 1.807) is 0 Å². The fraction of sp³-hybridized carbons (Fsp3) is 0.455. The molecule has 2 aromatic heterocycles. The zero-order valence-corrected chi connectivity index (χ0v) is 19.1. The molecule has 1 amide bonds. The number of carbonyl (C=O) groups excluding carboxylic acids is 1. The van der Waals surface area contributed by atoms with Crippen molar-refractivity contribution in [2.45, 2.75) is 24.4 Å². The summed E-state index contributed by atoms with van der Waals surface area (Å²) in [5.41, 5.74) is 4.86. The molecule has 1 aliphatic heterocycles. The fourth-order valence-corrected chi connectivity index (χ4v) is 5.74. The molecule has 34 heavy (non-hydrogen) atoms. The molecule has 9 N–H and O–H groups in total. The summed E-state index contributed by atoms with van der Waals surface area (Å²) in [6.07, 6.45) is -0.874. The number of imidazole rings is 1. The Morgan fingerprint density at radius 3 is 2.50 bits per heavy atom. The Morgan fingerprint density at radius 2 is 1.88 bits per heavy atom. The molecule has 20 nitrogen and oxygen atoms in total. The van der Waals surface area contributed by atoms with Crippen molar-refractivity contribution >= 4 is 46.4 Å². The first-order chi connectivity index (χ1) is 15.6. The third kappa shape index (κ3) is 5.67. The van der Waals surface area contributed by atoms with Crippen LogP contribution in [-0.4, -0.2) is 73.5 Å². The number of nitrogens with two attached hydrogens (primary N) is 1. The predicted molar refractivity (Wildman–Crippen MR) is 103 cm³/mol. The number of anilines is 1. The van der Waals surface area contributed by atoms with Gasteiger partial charge in [0.05, 0.1) is 19.0 Å². The van der Waals surface area contributed by atoms with E-state index in [4.69, 9.17) is 25.2 Å². The summed E-state index contributed by atoms with van der Waals surface area (Å²) in [5, 5.41) is 20.2. The molecule has 0 bridgehead atoms. The number of aliphatic hydroxyl groups is 2. The third-order valence-corrected chi connectivity index (χ3v) is 7.94. The van der Waals surface area contributed by atoms with Gasteiger partial charge >= 0.3 is 23.5 Å². The molecule has 3 rings (SSSR count). The maximum atomic E-state index is 12.6. The highest BCUT2D eigenvalue weighted by Crippen LogP contribution is 2.66. The van der Waals surface area contributed by atoms with E-state index in [0.717, 1.165) is 6.33 Å². The zero-order chi connectivity index (χ0) is 25.5. The monoisotopic (exact) mass is 550 g/mol. The molecular formula is C11H17N6O14P3. The maximum Gasteiger partial charge on any atom is 0.502 e. The first-order valence-corrected chi connectivity index (χ1v) is 13.1. The number of hydroxylamine groups is 1. The number of carbonyl (C=O) groups is 1. The van der Waals surface area contributed by atoms with Crippen molar-refractivity contribution in [3.05, 3.63) is 12.7 Å². The number of phosphoric acid groups is 3. The van der Waals surface area contributed by atoms with Crippen LogP contribution < -0.4 is 11.2 Å². The molecule has 0 aliphatic carbocycles. The third-order valence-electron chi connectivity index (χ3n) is 4.30. The van der Waals surface area contributed by atoms with Crippen molar-refractivity contribution in [2.75, 3.05) is 12.3 Å². The van der Waals surface area contributed by atoms with Crippen LogP contribution in [0.5, 0.6) is 0 Å². The van der Waals surface area contributed by atoms with Gasteiger partial charge < -0.3 is 40.3 Å². The van der Waals surface area contributed by atoms with Crippen LogP contribution in [0.2, 0.25) is 0 Å². The molecule has 190 valence electrons. The van der Waals surface area contributed by atoms with E-state index >= 15 is 0 Å². The van der Waals surface area contributed by atoms with Gasteiger partial charge in [-0.25, -0.2) is 34.1 Å². The summed E-state index contributed by atoms with van der Waals surface area (Å²) in [4.78, 5) is 59.8. The lowest BCUT2D eigenvalue weighted by Gasteiger charge is -2.28. The van der Waals surface area contributed by atoms with Gasteiger partial charge in [0, 0.05) is 6.42 Å². The molecule has 1 fully saturated rings. The number of aromatic nitrogens is 4. The van der Waals surface area contributed by atoms with Gasteiger partial charge in [-0.2, -0.15) is 13.2 Å². The summed E-state index contributed by atoms with van der Waals surface area (Å²) < 4.78 is 51.4. The van der Waals surface area contributed by atoms with Crippen LogP contribution in [0, 0.1) is 0 Å². The first kappa shape index (κ1) is 26.7. The summed E-state index contributed by atoms with van der Waals surface area (Å²) in [6, 6.07) is 0. The Labute approximate surface area is 187 Å². The molecule has 0 spiro atoms. The summed E-state index contributed by atoms with van der Waals surface area (Å²) in [7, 11) is -17.2. The van der Waals surface area contributed by atoms with E-state index in [9.17, 15) is 33.6 Å². The molecule has 0 aromatic carbocycles. The lowest BCUT2D eigenvalue weighted by molar-refractivity contribution is -0.173. The van der Waals surface area contributed by atoms with Crippen LogP contribution in [0.15, 0.2) is 12.7 Å². The number of aliphatic hydroxyl groups excluding tert-OH is 2. The van der Waals surface area contributed by atoms with Gasteiger partial charge in [0.15, 0.2) is 17.1 Å². The van der Waals surface area contributed by atoms with E-state index in [-0.39, 0.29) is 23.4 Å². The molecule has 1 saturated heterocycles. The van der Waals surface area contributed by atoms with Crippen LogP contribution in [0.1, 0.15) is 12.6 Å². The number of nitrogen functional groups attached to an aromatic ring is 1. The Kier molecular flexibility index (Phi) is 7.30. The van der Waals surface area contributed by atoms with Crippen LogP contribution in [0.3, 0.4) is 0 Å². The standard InChI is InChI=1S/C11H17N6O14P3/c12-8-7-9(14-3-13-8)17(4-15-7)6-1-5(19)11(2-18,28-6)10(20)16-29-33(24,25)31-34(26,27)30-32(21,22)23/h3-6,18-19H,1-2H2,(H,16,20)(H,24,25)(H,26,27)(H2,12,13,14)(H2,21,22,23)/t5-,6+,11+/m0/s1. The van der Waals surface area contributed by atoms with E-state index in [2.05, 4.69) is 28.2 Å². The zero-order valence-electron chi connectivity index (χ0n) is 16.4. The predicted octanol–water partition coefficient (Wildman–Crippen LogP) is -2.21. The first-order valence-electron chi connectivity index (χ1n) is 8.62. The largest absolute Gasteiger partial charge is 0.502 e. The van der Waals surface area contributed by atoms with Gasteiger partial charge in [-0.3, -0.25) is 9.36 Å². The van der Waals surface area contributed by atoms with E-state index < -0.39 is 53.9 Å². The van der Waals surface area contributed by atoms with E-state index in [1.165, 1.54) is 16.4 Å². The molecule has 0 radical (unpaired) electrons. The number of rotatable bonds is 9. The second-order valence-electron chi connectivity index (χ2n) is 6.57. The minimum atomic E-state index is -5.84. The number of hydrogen-bond donors (Lipinski definition) is 8. The number of hydrogen-bond acceptors (Lipinski definition) is 14. The lowest BCUT2D eigenvalue weighted by atomic mass is 9.97. The highest BCUT2D eigenvalue weighted by atomic mass is 31.3. The Hall–Kier alpha value is -1.89. The Morgan fingerprint density at radius 1 is 1.21 bits per heavy atom. The van der Waals surface area contributed by atoms with Crippen molar-refractivity contribution in [3.8, 4) is 0 Å². The van der Waals surface area contributed by atoms with E-state index in [1.807, 2.05) is 0 Å². The minimum absolute atomic E-state index is 0.0319. The number of ether oxygens (including phenoxy) is 1. The Balaban J connectivity index is 1.74. The molecule has 23 heteroatoms. The molecular weight excluding hydrogens is 533 g/mol. The van der Waals surface area contributed by atoms with Gasteiger partial charge in [-0.05, 0) is 0 Å². The second kappa shape index (κ2) is 9.29. The van der Waals surface area contributed by atoms with E-state index in [0.29, 0.717) is 0 Å². The molecule has 2 aromatic rings. The van der Waals surface area contributed by atoms with Gasteiger partial charge in [-0.1, -0.05) is 0 Å². The quantitative estimate of drug-likeness (QED) is 0.121. The van der Waals surface area contributed by atoms with Crippen molar-refractivity contribution < 1.29 is 66.3 Å². The van der Waals surface area contributed by atoms with Crippen LogP contribution in [-0.2, 0) is 36.5 Å². The smallest absolute Gasteiger partial charge is 0.393 e. The maximum absolute atomic E-state index is 12.6. The number of nitrogens with one attached hydrogen (secondary N) is 1. The van der Waals surface area contributed by atoms with Crippen molar-refractivity contribution in [2.24, 2.45) is 0 Å². The normalized spacial score (nSPS) is 26.8. The second-order valence-corrected chi connectivity index (χ2v) is 10.9. The minimum Gasteiger partial charge on any atom is -0.393 e. The summed E-state index contributed by atoms with van der Waals surface area (Å²) >= 11 is 0. The highest BCUT2D eigenvalue weighted by molar-refractivity contribution is 7.66. The topological polar surface area (TPSA) is 308 Å².